The number of benzene rings is 1. The van der Waals surface area contributed by atoms with Gasteiger partial charge < -0.3 is 10.6 Å². The van der Waals surface area contributed by atoms with E-state index in [0.717, 1.165) is 38.8 Å². The molecule has 1 aromatic rings. The maximum Gasteiger partial charge on any atom is 0.230 e. The Morgan fingerprint density at radius 1 is 1.24 bits per heavy atom. The lowest BCUT2D eigenvalue weighted by atomic mass is 9.77. The van der Waals surface area contributed by atoms with Crippen LogP contribution in [0.4, 0.5) is 0 Å². The van der Waals surface area contributed by atoms with Crippen molar-refractivity contribution in [3.8, 4) is 0 Å². The van der Waals surface area contributed by atoms with E-state index >= 15 is 0 Å². The van der Waals surface area contributed by atoms with Gasteiger partial charge in [-0.1, -0.05) is 49.6 Å². The molecule has 0 radical (unpaired) electrons. The van der Waals surface area contributed by atoms with Gasteiger partial charge in [-0.25, -0.2) is 0 Å². The second-order valence-electron chi connectivity index (χ2n) is 5.77. The Balaban J connectivity index is 0.00000220. The summed E-state index contributed by atoms with van der Waals surface area (Å²) >= 11 is 0. The monoisotopic (exact) mass is 310 g/mol. The Morgan fingerprint density at radius 3 is 2.57 bits per heavy atom. The highest BCUT2D eigenvalue weighted by Crippen LogP contribution is 2.41. The van der Waals surface area contributed by atoms with Crippen LogP contribution in [-0.4, -0.2) is 25.5 Å². The number of likely N-dealkylation sites (N-methyl/N-ethyl adjacent to an activating group) is 1. The van der Waals surface area contributed by atoms with E-state index in [2.05, 4.69) is 48.7 Å². The quantitative estimate of drug-likeness (QED) is 0.793. The number of halogens is 1. The molecule has 21 heavy (non-hydrogen) atoms. The molecule has 1 saturated carbocycles. The zero-order valence-electron chi connectivity index (χ0n) is 13.1. The molecule has 1 fully saturated rings. The van der Waals surface area contributed by atoms with Gasteiger partial charge in [0, 0.05) is 13.1 Å². The molecule has 4 heteroatoms. The van der Waals surface area contributed by atoms with E-state index in [0.29, 0.717) is 6.54 Å². The third-order valence-electron chi connectivity index (χ3n) is 4.30. The number of hydrogen-bond donors (Lipinski definition) is 2. The number of rotatable bonds is 6. The number of carbonyl (C=O) groups excluding carboxylic acids is 1. The first-order chi connectivity index (χ1) is 9.69. The van der Waals surface area contributed by atoms with Crippen molar-refractivity contribution in [2.75, 3.05) is 19.6 Å². The van der Waals surface area contributed by atoms with Gasteiger partial charge in [-0.15, -0.1) is 12.4 Å². The highest BCUT2D eigenvalue weighted by Gasteiger charge is 2.42. The van der Waals surface area contributed by atoms with Crippen LogP contribution in [0.3, 0.4) is 0 Å². The lowest BCUT2D eigenvalue weighted by molar-refractivity contribution is -0.126. The van der Waals surface area contributed by atoms with Crippen molar-refractivity contribution in [1.82, 2.24) is 10.6 Å². The SMILES string of the molecule is CCNCCNC(=O)C1(c2cccc(C)c2)CCCC1.Cl. The van der Waals surface area contributed by atoms with E-state index in [9.17, 15) is 4.79 Å². The van der Waals surface area contributed by atoms with Crippen LogP contribution in [0.25, 0.3) is 0 Å². The fourth-order valence-electron chi connectivity index (χ4n) is 3.18. The second kappa shape index (κ2) is 8.40. The summed E-state index contributed by atoms with van der Waals surface area (Å²) < 4.78 is 0. The van der Waals surface area contributed by atoms with Crippen LogP contribution in [0, 0.1) is 6.92 Å². The molecule has 0 aromatic heterocycles. The van der Waals surface area contributed by atoms with Crippen LogP contribution in [0.2, 0.25) is 0 Å². The van der Waals surface area contributed by atoms with Gasteiger partial charge in [-0.3, -0.25) is 4.79 Å². The molecular formula is C17H27ClN2O. The number of nitrogens with one attached hydrogen (secondary N) is 2. The number of hydrogen-bond acceptors (Lipinski definition) is 2. The van der Waals surface area contributed by atoms with Crippen molar-refractivity contribution in [2.24, 2.45) is 0 Å². The molecule has 0 aliphatic heterocycles. The summed E-state index contributed by atoms with van der Waals surface area (Å²) in [6.07, 6.45) is 4.25. The van der Waals surface area contributed by atoms with Gasteiger partial charge in [-0.05, 0) is 31.9 Å². The van der Waals surface area contributed by atoms with Crippen molar-refractivity contribution in [1.29, 1.82) is 0 Å². The minimum Gasteiger partial charge on any atom is -0.354 e. The van der Waals surface area contributed by atoms with Gasteiger partial charge in [0.2, 0.25) is 5.91 Å². The summed E-state index contributed by atoms with van der Waals surface area (Å²) in [5, 5.41) is 6.36. The van der Waals surface area contributed by atoms with Crippen molar-refractivity contribution in [3.63, 3.8) is 0 Å². The third kappa shape index (κ3) is 4.21. The maximum atomic E-state index is 12.7. The summed E-state index contributed by atoms with van der Waals surface area (Å²) in [6.45, 7) is 6.66. The normalized spacial score (nSPS) is 16.3. The largest absolute Gasteiger partial charge is 0.354 e. The van der Waals surface area contributed by atoms with E-state index in [1.807, 2.05) is 0 Å². The molecule has 0 unspecified atom stereocenters. The Morgan fingerprint density at radius 2 is 1.95 bits per heavy atom. The van der Waals surface area contributed by atoms with E-state index in [1.54, 1.807) is 0 Å². The minimum absolute atomic E-state index is 0. The average molecular weight is 311 g/mol. The Hall–Kier alpha value is -1.06. The first-order valence-corrected chi connectivity index (χ1v) is 7.75. The molecule has 0 spiro atoms. The summed E-state index contributed by atoms with van der Waals surface area (Å²) in [5.74, 6) is 0.207. The highest BCUT2D eigenvalue weighted by atomic mass is 35.5. The lowest BCUT2D eigenvalue weighted by Gasteiger charge is -2.28. The number of aryl methyl sites for hydroxylation is 1. The summed E-state index contributed by atoms with van der Waals surface area (Å²) in [5.41, 5.74) is 2.13. The molecule has 118 valence electrons. The minimum atomic E-state index is -0.293. The molecule has 1 aliphatic rings. The summed E-state index contributed by atoms with van der Waals surface area (Å²) in [7, 11) is 0. The molecule has 0 heterocycles. The molecule has 0 saturated heterocycles. The first-order valence-electron chi connectivity index (χ1n) is 7.75. The zero-order valence-corrected chi connectivity index (χ0v) is 13.9. The fraction of sp³-hybridized carbons (Fsp3) is 0.588. The summed E-state index contributed by atoms with van der Waals surface area (Å²) in [4.78, 5) is 12.7. The Bertz CT molecular complexity index is 456. The molecule has 2 N–H and O–H groups in total. The Kier molecular flexibility index (Phi) is 7.20. The molecule has 0 bridgehead atoms. The van der Waals surface area contributed by atoms with E-state index < -0.39 is 0 Å². The van der Waals surface area contributed by atoms with Crippen LogP contribution < -0.4 is 10.6 Å². The molecule has 1 aliphatic carbocycles. The molecular weight excluding hydrogens is 284 g/mol. The first kappa shape index (κ1) is 18.0. The van der Waals surface area contributed by atoms with Crippen molar-refractivity contribution < 1.29 is 4.79 Å². The second-order valence-corrected chi connectivity index (χ2v) is 5.77. The highest BCUT2D eigenvalue weighted by molar-refractivity contribution is 5.88. The van der Waals surface area contributed by atoms with Crippen LogP contribution in [0.5, 0.6) is 0 Å². The van der Waals surface area contributed by atoms with Crippen LogP contribution in [0.15, 0.2) is 24.3 Å². The van der Waals surface area contributed by atoms with E-state index in [4.69, 9.17) is 0 Å². The van der Waals surface area contributed by atoms with Gasteiger partial charge >= 0.3 is 0 Å². The zero-order chi connectivity index (χ0) is 14.4. The average Bonchev–Trinajstić information content (AvgIpc) is 2.94. The van der Waals surface area contributed by atoms with E-state index in [1.165, 1.54) is 11.1 Å². The van der Waals surface area contributed by atoms with Crippen LogP contribution >= 0.6 is 12.4 Å². The van der Waals surface area contributed by atoms with E-state index in [-0.39, 0.29) is 23.7 Å². The maximum absolute atomic E-state index is 12.7. The van der Waals surface area contributed by atoms with Crippen LogP contribution in [0.1, 0.15) is 43.7 Å². The topological polar surface area (TPSA) is 41.1 Å². The fourth-order valence-corrected chi connectivity index (χ4v) is 3.18. The Labute approximate surface area is 134 Å². The smallest absolute Gasteiger partial charge is 0.230 e. The lowest BCUT2D eigenvalue weighted by Crippen LogP contribution is -2.44. The molecule has 1 aromatic carbocycles. The van der Waals surface area contributed by atoms with Crippen LogP contribution in [-0.2, 0) is 10.2 Å². The van der Waals surface area contributed by atoms with Crippen molar-refractivity contribution in [3.05, 3.63) is 35.4 Å². The van der Waals surface area contributed by atoms with Gasteiger partial charge in [-0.2, -0.15) is 0 Å². The van der Waals surface area contributed by atoms with Gasteiger partial charge in [0.05, 0.1) is 5.41 Å². The van der Waals surface area contributed by atoms with Crippen molar-refractivity contribution >= 4 is 18.3 Å². The van der Waals surface area contributed by atoms with Gasteiger partial charge in [0.1, 0.15) is 0 Å². The molecule has 3 nitrogen and oxygen atoms in total. The number of amides is 1. The predicted octanol–water partition coefficient (Wildman–Crippen LogP) is 2.95. The number of carbonyl (C=O) groups is 1. The van der Waals surface area contributed by atoms with Crippen molar-refractivity contribution in [2.45, 2.75) is 44.9 Å². The third-order valence-corrected chi connectivity index (χ3v) is 4.30. The molecule has 2 rings (SSSR count). The van der Waals surface area contributed by atoms with Gasteiger partial charge in [0.25, 0.3) is 0 Å². The van der Waals surface area contributed by atoms with Gasteiger partial charge in [0.15, 0.2) is 0 Å². The molecule has 1 amide bonds. The standard InChI is InChI=1S/C17H26N2O.ClH/c1-3-18-11-12-19-16(20)17(9-4-5-10-17)15-8-6-7-14(2)13-15;/h6-8,13,18H,3-5,9-12H2,1-2H3,(H,19,20);1H. The summed E-state index contributed by atoms with van der Waals surface area (Å²) in [6, 6.07) is 8.45. The predicted molar refractivity (Wildman–Crippen MR) is 90.1 cm³/mol. The molecule has 0 atom stereocenters.